The van der Waals surface area contributed by atoms with Gasteiger partial charge in [0.25, 0.3) is 8.32 Å². The fourth-order valence-electron chi connectivity index (χ4n) is 4.74. The van der Waals surface area contributed by atoms with Gasteiger partial charge in [0.1, 0.15) is 11.5 Å². The molecule has 0 aromatic heterocycles. The summed E-state index contributed by atoms with van der Waals surface area (Å²) in [6.45, 7) is 9.09. The lowest BCUT2D eigenvalue weighted by molar-refractivity contribution is 0.476. The third-order valence-electron chi connectivity index (χ3n) is 7.12. The molecule has 5 rings (SSSR count). The fourth-order valence-corrected chi connectivity index (χ4v) is 7.47. The van der Waals surface area contributed by atoms with E-state index in [1.54, 1.807) is 6.07 Å². The predicted molar refractivity (Wildman–Crippen MR) is 147 cm³/mol. The Bertz CT molecular complexity index is 1480. The Labute approximate surface area is 202 Å². The Morgan fingerprint density at radius 3 is 1.76 bits per heavy atom. The molecule has 0 saturated carbocycles. The average Bonchev–Trinajstić information content (AvgIpc) is 2.84. The van der Waals surface area contributed by atoms with Crippen LogP contribution in [0.4, 0.5) is 0 Å². The molecule has 0 saturated heterocycles. The number of aromatic hydroxyl groups is 1. The quantitative estimate of drug-likeness (QED) is 0.274. The van der Waals surface area contributed by atoms with Crippen molar-refractivity contribution in [3.05, 3.63) is 103 Å². The third kappa shape index (κ3) is 3.66. The summed E-state index contributed by atoms with van der Waals surface area (Å²) in [6, 6.07) is 35.1. The monoisotopic (exact) mass is 462 g/mol. The maximum absolute atomic E-state index is 11.2. The highest BCUT2D eigenvalue weighted by atomic mass is 28.4. The Morgan fingerprint density at radius 2 is 1.15 bits per heavy atom. The van der Waals surface area contributed by atoms with E-state index in [4.69, 9.17) is 4.43 Å². The minimum Gasteiger partial charge on any atom is -0.538 e. The summed E-state index contributed by atoms with van der Waals surface area (Å²) in [5.74, 6) is 1.08. The summed E-state index contributed by atoms with van der Waals surface area (Å²) in [6.07, 6.45) is 0. The third-order valence-corrected chi connectivity index (χ3v) is 12.0. The van der Waals surface area contributed by atoms with E-state index in [0.717, 1.165) is 38.4 Å². The molecule has 0 amide bonds. The van der Waals surface area contributed by atoms with Gasteiger partial charge in [-0.05, 0) is 50.4 Å². The normalized spacial score (nSPS) is 13.6. The van der Waals surface area contributed by atoms with E-state index in [-0.39, 0.29) is 10.8 Å². The van der Waals surface area contributed by atoms with Crippen LogP contribution in [-0.4, -0.2) is 13.4 Å². The summed E-state index contributed by atoms with van der Waals surface area (Å²) in [5, 5.41) is 16.7. The van der Waals surface area contributed by atoms with Crippen LogP contribution in [0.1, 0.15) is 20.8 Å². The van der Waals surface area contributed by atoms with Crippen molar-refractivity contribution in [3.8, 4) is 22.6 Å². The van der Waals surface area contributed by atoms with Gasteiger partial charge >= 0.3 is 0 Å². The van der Waals surface area contributed by atoms with Crippen LogP contribution in [0.5, 0.6) is 11.5 Å². The number of phenols is 1. The number of hydrogen-bond acceptors (Lipinski definition) is 2. The van der Waals surface area contributed by atoms with Gasteiger partial charge in [0.15, 0.2) is 0 Å². The van der Waals surface area contributed by atoms with Crippen LogP contribution in [0.2, 0.25) is 11.6 Å². The SMILES string of the molecule is CC(C)(C)[Si](C)(Oc1ccc2ccccc2c1-c1c(O)ccc2ccccc12)c1ccccc1. The van der Waals surface area contributed by atoms with E-state index in [2.05, 4.69) is 100 Å². The molecule has 0 aliphatic rings. The maximum Gasteiger partial charge on any atom is 0.285 e. The van der Waals surface area contributed by atoms with Crippen LogP contribution in [-0.2, 0) is 0 Å². The van der Waals surface area contributed by atoms with Crippen molar-refractivity contribution in [3.63, 3.8) is 0 Å². The minimum absolute atomic E-state index is 0.0575. The first-order valence-corrected chi connectivity index (χ1v) is 14.2. The van der Waals surface area contributed by atoms with E-state index in [1.165, 1.54) is 5.19 Å². The highest BCUT2D eigenvalue weighted by Gasteiger charge is 2.46. The zero-order valence-corrected chi connectivity index (χ0v) is 21.2. The second-order valence-electron chi connectivity index (χ2n) is 10.1. The smallest absolute Gasteiger partial charge is 0.285 e. The molecule has 5 aromatic rings. The van der Waals surface area contributed by atoms with Gasteiger partial charge in [0.05, 0.1) is 0 Å². The average molecular weight is 463 g/mol. The summed E-state index contributed by atoms with van der Waals surface area (Å²) in [7, 11) is -2.49. The van der Waals surface area contributed by atoms with Gasteiger partial charge in [-0.15, -0.1) is 0 Å². The summed E-state index contributed by atoms with van der Waals surface area (Å²) >= 11 is 0. The van der Waals surface area contributed by atoms with Crippen LogP contribution in [0, 0.1) is 0 Å². The van der Waals surface area contributed by atoms with Gasteiger partial charge < -0.3 is 9.53 Å². The van der Waals surface area contributed by atoms with Crippen LogP contribution in [0.25, 0.3) is 32.7 Å². The largest absolute Gasteiger partial charge is 0.538 e. The molecule has 0 spiro atoms. The van der Waals surface area contributed by atoms with E-state index in [0.29, 0.717) is 0 Å². The second-order valence-corrected chi connectivity index (χ2v) is 14.4. The second kappa shape index (κ2) is 8.34. The number of fused-ring (bicyclic) bond motifs is 2. The van der Waals surface area contributed by atoms with Crippen LogP contribution >= 0.6 is 0 Å². The molecule has 2 nitrogen and oxygen atoms in total. The maximum atomic E-state index is 11.2. The van der Waals surface area contributed by atoms with Crippen molar-refractivity contribution >= 4 is 35.0 Å². The number of rotatable bonds is 4. The van der Waals surface area contributed by atoms with Gasteiger partial charge in [-0.3, -0.25) is 0 Å². The highest BCUT2D eigenvalue weighted by molar-refractivity contribution is 6.88. The fraction of sp³-hybridized carbons (Fsp3) is 0.161. The summed E-state index contributed by atoms with van der Waals surface area (Å²) in [4.78, 5) is 0. The zero-order valence-electron chi connectivity index (χ0n) is 20.2. The van der Waals surface area contributed by atoms with Gasteiger partial charge in [-0.2, -0.15) is 0 Å². The molecule has 1 unspecified atom stereocenters. The van der Waals surface area contributed by atoms with Crippen molar-refractivity contribution in [2.45, 2.75) is 32.4 Å². The van der Waals surface area contributed by atoms with Crippen molar-refractivity contribution in [1.29, 1.82) is 0 Å². The summed E-state index contributed by atoms with van der Waals surface area (Å²) < 4.78 is 7.18. The van der Waals surface area contributed by atoms with Crippen molar-refractivity contribution in [1.82, 2.24) is 0 Å². The molecule has 1 atom stereocenters. The van der Waals surface area contributed by atoms with Gasteiger partial charge in [0.2, 0.25) is 0 Å². The van der Waals surface area contributed by atoms with Crippen molar-refractivity contribution < 1.29 is 9.53 Å². The van der Waals surface area contributed by atoms with E-state index in [9.17, 15) is 5.11 Å². The van der Waals surface area contributed by atoms with E-state index < -0.39 is 8.32 Å². The molecule has 0 fully saturated rings. The summed E-state index contributed by atoms with van der Waals surface area (Å²) in [5.41, 5.74) is 1.77. The molecule has 0 heterocycles. The Balaban J connectivity index is 1.83. The van der Waals surface area contributed by atoms with Gasteiger partial charge in [-0.1, -0.05) is 112 Å². The zero-order chi connectivity index (χ0) is 23.9. The predicted octanol–water partition coefficient (Wildman–Crippen LogP) is 8.03. The highest BCUT2D eigenvalue weighted by Crippen LogP contribution is 2.47. The molecule has 0 aliphatic carbocycles. The first-order chi connectivity index (χ1) is 16.3. The molecule has 5 aromatic carbocycles. The number of hydrogen-bond donors (Lipinski definition) is 1. The lowest BCUT2D eigenvalue weighted by Crippen LogP contribution is -2.57. The minimum atomic E-state index is -2.49. The van der Waals surface area contributed by atoms with Gasteiger partial charge in [-0.25, -0.2) is 0 Å². The Hall–Kier alpha value is -3.56. The molecule has 1 N–H and O–H groups in total. The van der Waals surface area contributed by atoms with Crippen molar-refractivity contribution in [2.24, 2.45) is 0 Å². The molecular formula is C31H30O2Si. The van der Waals surface area contributed by atoms with E-state index >= 15 is 0 Å². The number of phenolic OH excluding ortho intramolecular Hbond substituents is 1. The molecule has 3 heteroatoms. The topological polar surface area (TPSA) is 29.5 Å². The molecule has 170 valence electrons. The lowest BCUT2D eigenvalue weighted by Gasteiger charge is -2.40. The standard InChI is InChI=1S/C31H30O2Si/c1-31(2,3)34(4,24-14-6-5-7-15-24)33-28-21-19-23-13-9-11-17-26(23)30(28)29-25-16-10-8-12-22(25)18-20-27(29)32/h5-21,32H,1-4H3. The molecule has 0 radical (unpaired) electrons. The number of benzene rings is 5. The molecule has 34 heavy (non-hydrogen) atoms. The van der Waals surface area contributed by atoms with Crippen LogP contribution < -0.4 is 9.61 Å². The van der Waals surface area contributed by atoms with E-state index in [1.807, 2.05) is 24.3 Å². The molecular weight excluding hydrogens is 432 g/mol. The Kier molecular flexibility index (Phi) is 5.45. The lowest BCUT2D eigenvalue weighted by atomic mass is 9.92. The molecule has 0 aliphatic heterocycles. The van der Waals surface area contributed by atoms with Crippen LogP contribution in [0.15, 0.2) is 103 Å². The molecule has 0 bridgehead atoms. The first-order valence-electron chi connectivity index (χ1n) is 11.8. The van der Waals surface area contributed by atoms with Crippen molar-refractivity contribution in [2.75, 3.05) is 0 Å². The first kappa shape index (κ1) is 22.2. The Morgan fingerprint density at radius 1 is 0.618 bits per heavy atom. The van der Waals surface area contributed by atoms with Crippen LogP contribution in [0.3, 0.4) is 0 Å². The van der Waals surface area contributed by atoms with Gasteiger partial charge in [0, 0.05) is 11.1 Å².